The second kappa shape index (κ2) is 5.69. The average Bonchev–Trinajstić information content (AvgIpc) is 2.61. The summed E-state index contributed by atoms with van der Waals surface area (Å²) in [6.45, 7) is 4.62. The van der Waals surface area contributed by atoms with E-state index in [1.54, 1.807) is 0 Å². The van der Waals surface area contributed by atoms with Crippen molar-refractivity contribution in [3.8, 4) is 0 Å². The van der Waals surface area contributed by atoms with E-state index in [0.717, 1.165) is 51.4 Å². The van der Waals surface area contributed by atoms with Gasteiger partial charge in [0.1, 0.15) is 0 Å². The number of carbonyl (C=O) groups is 1. The average molecular weight is 350 g/mol. The van der Waals surface area contributed by atoms with E-state index >= 15 is 0 Å². The predicted octanol–water partition coefficient (Wildman–Crippen LogP) is 3.15. The van der Waals surface area contributed by atoms with E-state index in [4.69, 9.17) is 4.74 Å². The zero-order valence-corrected chi connectivity index (χ0v) is 16.0. The van der Waals surface area contributed by atoms with E-state index in [-0.39, 0.29) is 40.8 Å². The number of ether oxygens (including phenoxy) is 1. The first-order valence-electron chi connectivity index (χ1n) is 10.2. The van der Waals surface area contributed by atoms with Gasteiger partial charge in [-0.1, -0.05) is 13.3 Å². The van der Waals surface area contributed by atoms with Crippen molar-refractivity contribution in [2.24, 2.45) is 39.9 Å². The summed E-state index contributed by atoms with van der Waals surface area (Å²) in [4.78, 5) is 12.7. The molecular formula is C21H34O4. The van der Waals surface area contributed by atoms with Gasteiger partial charge in [-0.15, -0.1) is 0 Å². The summed E-state index contributed by atoms with van der Waals surface area (Å²) in [5.41, 5.74) is -0.331. The SMILES string of the molecule is COC(=O)[C@]1(C)CCC[C@@]2(C)[C@@H]3C[C@H]4CC[C@@]3(CC[C@@H]21)[C@H](O)[C@H]4CO. The van der Waals surface area contributed by atoms with Crippen molar-refractivity contribution in [2.45, 2.75) is 71.3 Å². The molecule has 2 N–H and O–H groups in total. The summed E-state index contributed by atoms with van der Waals surface area (Å²) in [7, 11) is 1.52. The third kappa shape index (κ3) is 2.10. The van der Waals surface area contributed by atoms with Crippen molar-refractivity contribution in [3.05, 3.63) is 0 Å². The maximum atomic E-state index is 12.7. The van der Waals surface area contributed by atoms with Crippen LogP contribution in [0.15, 0.2) is 0 Å². The summed E-state index contributed by atoms with van der Waals surface area (Å²) in [6.07, 6.45) is 8.12. The summed E-state index contributed by atoms with van der Waals surface area (Å²) < 4.78 is 5.22. The van der Waals surface area contributed by atoms with Crippen LogP contribution in [0.5, 0.6) is 0 Å². The van der Waals surface area contributed by atoms with Crippen LogP contribution in [-0.4, -0.2) is 36.0 Å². The molecule has 5 fully saturated rings. The van der Waals surface area contributed by atoms with Crippen molar-refractivity contribution >= 4 is 5.97 Å². The lowest BCUT2D eigenvalue weighted by atomic mass is 9.35. The minimum absolute atomic E-state index is 0.0399. The van der Waals surface area contributed by atoms with E-state index in [0.29, 0.717) is 17.8 Å². The number of esters is 1. The second-order valence-electron chi connectivity index (χ2n) is 9.97. The van der Waals surface area contributed by atoms with Crippen LogP contribution in [-0.2, 0) is 9.53 Å². The van der Waals surface area contributed by atoms with Gasteiger partial charge >= 0.3 is 5.97 Å². The topological polar surface area (TPSA) is 66.8 Å². The molecule has 25 heavy (non-hydrogen) atoms. The van der Waals surface area contributed by atoms with Crippen LogP contribution in [0.3, 0.4) is 0 Å². The number of rotatable bonds is 2. The van der Waals surface area contributed by atoms with E-state index in [1.165, 1.54) is 7.11 Å². The van der Waals surface area contributed by atoms with Gasteiger partial charge in [-0.2, -0.15) is 0 Å². The standard InChI is InChI=1S/C21H34O4/c1-19-7-4-8-20(2,18(24)25-3)15(19)6-10-21-9-5-13(11-16(19)21)14(12-22)17(21)23/h13-17,22-23H,4-12H2,1-3H3/t13-,14+,15+,16+,17-,19-,20-,21+/m1/s1. The molecule has 5 aliphatic rings. The van der Waals surface area contributed by atoms with Crippen LogP contribution < -0.4 is 0 Å². The van der Waals surface area contributed by atoms with Gasteiger partial charge in [-0.3, -0.25) is 4.79 Å². The van der Waals surface area contributed by atoms with Crippen molar-refractivity contribution in [2.75, 3.05) is 13.7 Å². The first-order chi connectivity index (χ1) is 11.8. The number of aliphatic hydroxyl groups excluding tert-OH is 2. The molecule has 142 valence electrons. The fraction of sp³-hybridized carbons (Fsp3) is 0.952. The molecule has 1 spiro atoms. The highest BCUT2D eigenvalue weighted by atomic mass is 16.5. The Labute approximate surface area is 151 Å². The van der Waals surface area contributed by atoms with Gasteiger partial charge in [0.05, 0.1) is 18.6 Å². The molecule has 5 saturated carbocycles. The smallest absolute Gasteiger partial charge is 0.311 e. The van der Waals surface area contributed by atoms with E-state index in [2.05, 4.69) is 13.8 Å². The zero-order chi connectivity index (χ0) is 18.0. The van der Waals surface area contributed by atoms with Crippen LogP contribution in [0.2, 0.25) is 0 Å². The number of methoxy groups -OCH3 is 1. The molecule has 0 aromatic carbocycles. The third-order valence-electron chi connectivity index (χ3n) is 9.35. The van der Waals surface area contributed by atoms with Gasteiger partial charge in [-0.25, -0.2) is 0 Å². The van der Waals surface area contributed by atoms with Crippen LogP contribution >= 0.6 is 0 Å². The number of hydrogen-bond acceptors (Lipinski definition) is 4. The summed E-state index contributed by atoms with van der Waals surface area (Å²) in [5.74, 6) is 1.26. The largest absolute Gasteiger partial charge is 0.469 e. The van der Waals surface area contributed by atoms with Crippen molar-refractivity contribution < 1.29 is 19.7 Å². The Morgan fingerprint density at radius 3 is 2.52 bits per heavy atom. The Kier molecular flexibility index (Phi) is 4.05. The first-order valence-corrected chi connectivity index (χ1v) is 10.2. The molecule has 0 unspecified atom stereocenters. The molecule has 2 bridgehead atoms. The minimum Gasteiger partial charge on any atom is -0.469 e. The molecule has 0 aromatic rings. The molecular weight excluding hydrogens is 316 g/mol. The number of hydrogen-bond donors (Lipinski definition) is 2. The Morgan fingerprint density at radius 2 is 1.84 bits per heavy atom. The highest BCUT2D eigenvalue weighted by Crippen LogP contribution is 2.72. The third-order valence-corrected chi connectivity index (χ3v) is 9.35. The Morgan fingerprint density at radius 1 is 1.12 bits per heavy atom. The Hall–Kier alpha value is -0.610. The molecule has 0 aromatic heterocycles. The monoisotopic (exact) mass is 350 g/mol. The summed E-state index contributed by atoms with van der Waals surface area (Å²) in [5, 5.41) is 21.0. The van der Waals surface area contributed by atoms with Gasteiger partial charge in [0.2, 0.25) is 0 Å². The lowest BCUT2D eigenvalue weighted by Gasteiger charge is -2.69. The first kappa shape index (κ1) is 17.8. The van der Waals surface area contributed by atoms with Gasteiger partial charge in [0, 0.05) is 17.9 Å². The summed E-state index contributed by atoms with van der Waals surface area (Å²) in [6, 6.07) is 0. The molecule has 4 nitrogen and oxygen atoms in total. The molecule has 0 saturated heterocycles. The van der Waals surface area contributed by atoms with Gasteiger partial charge in [-0.05, 0) is 75.0 Å². The van der Waals surface area contributed by atoms with Gasteiger partial charge < -0.3 is 14.9 Å². The van der Waals surface area contributed by atoms with E-state index in [9.17, 15) is 15.0 Å². The Bertz CT molecular complexity index is 562. The molecule has 0 heterocycles. The molecule has 8 atom stereocenters. The lowest BCUT2D eigenvalue weighted by molar-refractivity contribution is -0.248. The van der Waals surface area contributed by atoms with E-state index in [1.807, 2.05) is 0 Å². The fourth-order valence-corrected chi connectivity index (χ4v) is 8.20. The van der Waals surface area contributed by atoms with Crippen LogP contribution in [0.1, 0.15) is 65.2 Å². The fourth-order valence-electron chi connectivity index (χ4n) is 8.20. The maximum absolute atomic E-state index is 12.7. The molecule has 4 heteroatoms. The zero-order valence-electron chi connectivity index (χ0n) is 16.0. The number of carbonyl (C=O) groups excluding carboxylic acids is 1. The van der Waals surface area contributed by atoms with E-state index < -0.39 is 0 Å². The molecule has 0 radical (unpaired) electrons. The highest BCUT2D eigenvalue weighted by Gasteiger charge is 2.68. The van der Waals surface area contributed by atoms with Crippen molar-refractivity contribution in [3.63, 3.8) is 0 Å². The highest BCUT2D eigenvalue weighted by molar-refractivity contribution is 5.77. The van der Waals surface area contributed by atoms with Crippen molar-refractivity contribution in [1.29, 1.82) is 0 Å². The van der Waals surface area contributed by atoms with Crippen LogP contribution in [0.25, 0.3) is 0 Å². The Balaban J connectivity index is 1.73. The predicted molar refractivity (Wildman–Crippen MR) is 94.7 cm³/mol. The van der Waals surface area contributed by atoms with Gasteiger partial charge in [0.25, 0.3) is 0 Å². The maximum Gasteiger partial charge on any atom is 0.311 e. The quantitative estimate of drug-likeness (QED) is 0.751. The van der Waals surface area contributed by atoms with Crippen LogP contribution in [0, 0.1) is 39.9 Å². The number of fused-ring (bicyclic) bond motifs is 3. The summed E-state index contributed by atoms with van der Waals surface area (Å²) >= 11 is 0. The molecule has 5 aliphatic carbocycles. The molecule has 0 amide bonds. The van der Waals surface area contributed by atoms with Gasteiger partial charge in [0.15, 0.2) is 0 Å². The molecule has 5 rings (SSSR count). The normalized spacial score (nSPS) is 54.5. The molecule has 0 aliphatic heterocycles. The number of aliphatic hydroxyl groups is 2. The lowest BCUT2D eigenvalue weighted by Crippen LogP contribution is -2.67. The minimum atomic E-state index is -0.388. The van der Waals surface area contributed by atoms with Crippen LogP contribution in [0.4, 0.5) is 0 Å². The second-order valence-corrected chi connectivity index (χ2v) is 9.97. The van der Waals surface area contributed by atoms with Crippen molar-refractivity contribution in [1.82, 2.24) is 0 Å².